The molecule has 0 bridgehead atoms. The molecule has 4 heterocycles. The first-order valence-corrected chi connectivity index (χ1v) is 10.9. The van der Waals surface area contributed by atoms with Crippen LogP contribution in [0.1, 0.15) is 16.1 Å². The van der Waals surface area contributed by atoms with Gasteiger partial charge in [-0.1, -0.05) is 36.4 Å². The van der Waals surface area contributed by atoms with Gasteiger partial charge < -0.3 is 4.98 Å². The second-order valence-corrected chi connectivity index (χ2v) is 8.65. The molecule has 1 N–H and O–H groups in total. The first-order chi connectivity index (χ1) is 13.8. The van der Waals surface area contributed by atoms with Gasteiger partial charge in [0.05, 0.1) is 27.3 Å². The Morgan fingerprint density at radius 1 is 1.11 bits per heavy atom. The maximum atomic E-state index is 12.7. The molecule has 140 valence electrons. The molecule has 0 unspecified atom stereocenters. The largest absolute Gasteiger partial charge is 0.306 e. The molecule has 0 radical (unpaired) electrons. The van der Waals surface area contributed by atoms with Gasteiger partial charge in [0.2, 0.25) is 0 Å². The van der Waals surface area contributed by atoms with Crippen molar-refractivity contribution in [2.24, 2.45) is 0 Å². The summed E-state index contributed by atoms with van der Waals surface area (Å²) in [6.45, 7) is 2.30. The minimum atomic E-state index is -0.0225. The SMILES string of the molecule is O=c1[nH]c(-c2cccs2)nc2c1CN(Cc1scnc1-c1ccccc1)CC2. The fraction of sp³-hybridized carbons (Fsp3) is 0.190. The Balaban J connectivity index is 1.39. The van der Waals surface area contributed by atoms with E-state index in [2.05, 4.69) is 27.0 Å². The molecule has 3 aromatic heterocycles. The van der Waals surface area contributed by atoms with Crippen LogP contribution in [-0.4, -0.2) is 26.4 Å². The van der Waals surface area contributed by atoms with Crippen LogP contribution in [0.2, 0.25) is 0 Å². The topological polar surface area (TPSA) is 61.9 Å². The van der Waals surface area contributed by atoms with E-state index in [1.165, 1.54) is 4.88 Å². The Labute approximate surface area is 170 Å². The maximum Gasteiger partial charge on any atom is 0.255 e. The molecular formula is C21H18N4OS2. The van der Waals surface area contributed by atoms with Crippen LogP contribution in [0, 0.1) is 0 Å². The van der Waals surface area contributed by atoms with Crippen molar-refractivity contribution in [3.63, 3.8) is 0 Å². The summed E-state index contributed by atoms with van der Waals surface area (Å²) >= 11 is 3.26. The van der Waals surface area contributed by atoms with Gasteiger partial charge in [0.1, 0.15) is 0 Å². The molecule has 5 rings (SSSR count). The monoisotopic (exact) mass is 406 g/mol. The van der Waals surface area contributed by atoms with Crippen LogP contribution in [0.3, 0.4) is 0 Å². The van der Waals surface area contributed by atoms with Gasteiger partial charge in [0.15, 0.2) is 5.82 Å². The number of rotatable bonds is 4. The fourth-order valence-electron chi connectivity index (χ4n) is 3.56. The lowest BCUT2D eigenvalue weighted by molar-refractivity contribution is 0.244. The molecule has 7 heteroatoms. The lowest BCUT2D eigenvalue weighted by atomic mass is 10.1. The number of nitrogens with one attached hydrogen (secondary N) is 1. The molecule has 0 atom stereocenters. The molecule has 0 saturated heterocycles. The minimum absolute atomic E-state index is 0.0225. The van der Waals surface area contributed by atoms with Gasteiger partial charge in [-0.2, -0.15) is 0 Å². The second kappa shape index (κ2) is 7.43. The van der Waals surface area contributed by atoms with Crippen LogP contribution in [-0.2, 0) is 19.5 Å². The highest BCUT2D eigenvalue weighted by Gasteiger charge is 2.23. The van der Waals surface area contributed by atoms with Gasteiger partial charge in [0.25, 0.3) is 5.56 Å². The van der Waals surface area contributed by atoms with Crippen molar-refractivity contribution in [2.75, 3.05) is 6.54 Å². The first-order valence-electron chi connectivity index (χ1n) is 9.14. The van der Waals surface area contributed by atoms with Crippen molar-refractivity contribution < 1.29 is 0 Å². The Morgan fingerprint density at radius 2 is 2.00 bits per heavy atom. The van der Waals surface area contributed by atoms with Gasteiger partial charge in [0, 0.05) is 36.5 Å². The van der Waals surface area contributed by atoms with Crippen LogP contribution in [0.5, 0.6) is 0 Å². The zero-order valence-electron chi connectivity index (χ0n) is 15.1. The average molecular weight is 407 g/mol. The molecule has 0 aliphatic carbocycles. The molecule has 0 saturated carbocycles. The van der Waals surface area contributed by atoms with Gasteiger partial charge >= 0.3 is 0 Å². The van der Waals surface area contributed by atoms with Crippen molar-refractivity contribution in [1.82, 2.24) is 19.9 Å². The Kier molecular flexibility index (Phi) is 4.64. The smallest absolute Gasteiger partial charge is 0.255 e. The predicted molar refractivity (Wildman–Crippen MR) is 114 cm³/mol. The summed E-state index contributed by atoms with van der Waals surface area (Å²) in [7, 11) is 0. The number of thiazole rings is 1. The highest BCUT2D eigenvalue weighted by Crippen LogP contribution is 2.28. The van der Waals surface area contributed by atoms with E-state index in [-0.39, 0.29) is 5.56 Å². The normalized spacial score (nSPS) is 14.1. The molecule has 0 fully saturated rings. The summed E-state index contributed by atoms with van der Waals surface area (Å²) < 4.78 is 0. The van der Waals surface area contributed by atoms with E-state index >= 15 is 0 Å². The number of hydrogen-bond donors (Lipinski definition) is 1. The predicted octanol–water partition coefficient (Wildman–Crippen LogP) is 4.18. The van der Waals surface area contributed by atoms with E-state index in [9.17, 15) is 4.79 Å². The number of benzene rings is 1. The number of H-pyrrole nitrogens is 1. The summed E-state index contributed by atoms with van der Waals surface area (Å²) in [5, 5.41) is 2.00. The van der Waals surface area contributed by atoms with Crippen LogP contribution in [0.4, 0.5) is 0 Å². The van der Waals surface area contributed by atoms with Gasteiger partial charge in [-0.3, -0.25) is 9.69 Å². The van der Waals surface area contributed by atoms with E-state index < -0.39 is 0 Å². The van der Waals surface area contributed by atoms with E-state index in [0.29, 0.717) is 12.4 Å². The summed E-state index contributed by atoms with van der Waals surface area (Å²) in [5.41, 5.74) is 5.77. The van der Waals surface area contributed by atoms with Gasteiger partial charge in [-0.05, 0) is 11.4 Å². The summed E-state index contributed by atoms with van der Waals surface area (Å²) in [6, 6.07) is 14.2. The third kappa shape index (κ3) is 3.32. The van der Waals surface area contributed by atoms with Crippen molar-refractivity contribution in [3.8, 4) is 22.0 Å². The van der Waals surface area contributed by atoms with Crippen LogP contribution >= 0.6 is 22.7 Å². The number of aromatic nitrogens is 3. The standard InChI is InChI=1S/C21H18N4OS2/c26-21-15-11-25(9-8-16(15)23-20(24-21)17-7-4-10-27-17)12-18-19(22-13-28-18)14-5-2-1-3-6-14/h1-7,10,13H,8-9,11-12H2,(H,23,24,26). The number of aromatic amines is 1. The van der Waals surface area contributed by atoms with Crippen molar-refractivity contribution in [1.29, 1.82) is 0 Å². The number of fused-ring (bicyclic) bond motifs is 1. The third-order valence-corrected chi connectivity index (χ3v) is 6.65. The number of thiophene rings is 1. The lowest BCUT2D eigenvalue weighted by Gasteiger charge is -2.27. The second-order valence-electron chi connectivity index (χ2n) is 6.77. The van der Waals surface area contributed by atoms with Crippen molar-refractivity contribution in [2.45, 2.75) is 19.5 Å². The zero-order valence-corrected chi connectivity index (χ0v) is 16.7. The van der Waals surface area contributed by atoms with Gasteiger partial charge in [-0.25, -0.2) is 9.97 Å². The number of hydrogen-bond acceptors (Lipinski definition) is 6. The molecule has 28 heavy (non-hydrogen) atoms. The Bertz CT molecular complexity index is 1150. The molecule has 4 aromatic rings. The third-order valence-electron chi connectivity index (χ3n) is 4.96. The maximum absolute atomic E-state index is 12.7. The number of nitrogens with zero attached hydrogens (tertiary/aromatic N) is 3. The van der Waals surface area contributed by atoms with E-state index in [0.717, 1.165) is 46.9 Å². The molecule has 1 aliphatic heterocycles. The molecule has 0 amide bonds. The van der Waals surface area contributed by atoms with Crippen LogP contribution in [0.15, 0.2) is 58.1 Å². The highest BCUT2D eigenvalue weighted by atomic mass is 32.1. The summed E-state index contributed by atoms with van der Waals surface area (Å²) in [5.74, 6) is 0.682. The Hall–Kier alpha value is -2.61. The summed E-state index contributed by atoms with van der Waals surface area (Å²) in [6.07, 6.45) is 0.789. The highest BCUT2D eigenvalue weighted by molar-refractivity contribution is 7.13. The summed E-state index contributed by atoms with van der Waals surface area (Å²) in [4.78, 5) is 29.5. The minimum Gasteiger partial charge on any atom is -0.306 e. The van der Waals surface area contributed by atoms with Crippen molar-refractivity contribution >= 4 is 22.7 Å². The molecule has 0 spiro atoms. The quantitative estimate of drug-likeness (QED) is 0.552. The van der Waals surface area contributed by atoms with Gasteiger partial charge in [-0.15, -0.1) is 22.7 Å². The van der Waals surface area contributed by atoms with E-state index in [4.69, 9.17) is 4.98 Å². The van der Waals surface area contributed by atoms with Crippen molar-refractivity contribution in [3.05, 3.63) is 79.8 Å². The molecular weight excluding hydrogens is 388 g/mol. The van der Waals surface area contributed by atoms with Crippen LogP contribution in [0.25, 0.3) is 22.0 Å². The molecule has 1 aromatic carbocycles. The Morgan fingerprint density at radius 3 is 2.82 bits per heavy atom. The zero-order chi connectivity index (χ0) is 18.9. The molecule has 1 aliphatic rings. The van der Waals surface area contributed by atoms with E-state index in [1.807, 2.05) is 41.2 Å². The first kappa shape index (κ1) is 17.5. The average Bonchev–Trinajstić information content (AvgIpc) is 3.41. The van der Waals surface area contributed by atoms with E-state index in [1.54, 1.807) is 22.7 Å². The lowest BCUT2D eigenvalue weighted by Crippen LogP contribution is -2.35. The van der Waals surface area contributed by atoms with Crippen LogP contribution < -0.4 is 5.56 Å². The molecule has 5 nitrogen and oxygen atoms in total. The fourth-order valence-corrected chi connectivity index (χ4v) is 5.06.